The molecule has 3 heteroatoms. The SMILES string of the molecule is CNCc1ccc(OCCN(C)C2CCCCC2)cc1. The van der Waals surface area contributed by atoms with E-state index in [1.54, 1.807) is 0 Å². The number of nitrogens with zero attached hydrogens (tertiary/aromatic N) is 1. The Balaban J connectivity index is 1.69. The van der Waals surface area contributed by atoms with Gasteiger partial charge in [-0.05, 0) is 44.6 Å². The van der Waals surface area contributed by atoms with Gasteiger partial charge >= 0.3 is 0 Å². The van der Waals surface area contributed by atoms with Gasteiger partial charge in [0.25, 0.3) is 0 Å². The molecule has 1 aliphatic carbocycles. The van der Waals surface area contributed by atoms with Gasteiger partial charge in [-0.2, -0.15) is 0 Å². The van der Waals surface area contributed by atoms with E-state index in [-0.39, 0.29) is 0 Å². The molecule has 0 heterocycles. The van der Waals surface area contributed by atoms with E-state index in [1.165, 1.54) is 37.7 Å². The topological polar surface area (TPSA) is 24.5 Å². The summed E-state index contributed by atoms with van der Waals surface area (Å²) < 4.78 is 5.84. The van der Waals surface area contributed by atoms with Crippen molar-refractivity contribution < 1.29 is 4.74 Å². The number of hydrogen-bond acceptors (Lipinski definition) is 3. The molecule has 1 fully saturated rings. The Morgan fingerprint density at radius 2 is 1.85 bits per heavy atom. The Bertz CT molecular complexity index is 371. The second kappa shape index (κ2) is 8.28. The number of rotatable bonds is 7. The minimum Gasteiger partial charge on any atom is -0.492 e. The molecule has 1 N–H and O–H groups in total. The van der Waals surface area contributed by atoms with E-state index in [4.69, 9.17) is 4.74 Å². The van der Waals surface area contributed by atoms with Gasteiger partial charge in [0, 0.05) is 19.1 Å². The third kappa shape index (κ3) is 4.80. The van der Waals surface area contributed by atoms with Crippen LogP contribution in [0.4, 0.5) is 0 Å². The van der Waals surface area contributed by atoms with E-state index < -0.39 is 0 Å². The zero-order chi connectivity index (χ0) is 14.2. The molecular formula is C17H28N2O. The van der Waals surface area contributed by atoms with Crippen LogP contribution in [0.15, 0.2) is 24.3 Å². The van der Waals surface area contributed by atoms with Gasteiger partial charge in [-0.15, -0.1) is 0 Å². The first-order chi connectivity index (χ1) is 9.79. The van der Waals surface area contributed by atoms with Crippen LogP contribution in [0.5, 0.6) is 5.75 Å². The Kier molecular flexibility index (Phi) is 6.34. The molecule has 0 amide bonds. The van der Waals surface area contributed by atoms with Crippen molar-refractivity contribution in [1.82, 2.24) is 10.2 Å². The van der Waals surface area contributed by atoms with Crippen LogP contribution in [-0.2, 0) is 6.54 Å². The molecule has 3 nitrogen and oxygen atoms in total. The largest absolute Gasteiger partial charge is 0.492 e. The fourth-order valence-corrected chi connectivity index (χ4v) is 2.92. The summed E-state index contributed by atoms with van der Waals surface area (Å²) in [5.41, 5.74) is 1.29. The van der Waals surface area contributed by atoms with Crippen molar-refractivity contribution in [2.24, 2.45) is 0 Å². The lowest BCUT2D eigenvalue weighted by Gasteiger charge is -2.31. The molecule has 0 saturated heterocycles. The first kappa shape index (κ1) is 15.3. The Labute approximate surface area is 123 Å². The summed E-state index contributed by atoms with van der Waals surface area (Å²) in [5, 5.41) is 3.15. The van der Waals surface area contributed by atoms with Gasteiger partial charge in [0.05, 0.1) is 0 Å². The molecular weight excluding hydrogens is 248 g/mol. The van der Waals surface area contributed by atoms with Crippen LogP contribution in [0.2, 0.25) is 0 Å². The molecule has 0 aliphatic heterocycles. The van der Waals surface area contributed by atoms with Crippen LogP contribution in [0.3, 0.4) is 0 Å². The summed E-state index contributed by atoms with van der Waals surface area (Å²) in [4.78, 5) is 2.47. The first-order valence-electron chi connectivity index (χ1n) is 7.86. The lowest BCUT2D eigenvalue weighted by molar-refractivity contribution is 0.160. The Morgan fingerprint density at radius 3 is 2.50 bits per heavy atom. The highest BCUT2D eigenvalue weighted by Crippen LogP contribution is 2.21. The van der Waals surface area contributed by atoms with E-state index in [2.05, 4.69) is 41.5 Å². The van der Waals surface area contributed by atoms with Gasteiger partial charge in [-0.1, -0.05) is 31.4 Å². The summed E-state index contributed by atoms with van der Waals surface area (Å²) in [5.74, 6) is 0.974. The average molecular weight is 276 g/mol. The highest BCUT2D eigenvalue weighted by atomic mass is 16.5. The smallest absolute Gasteiger partial charge is 0.119 e. The normalized spacial score (nSPS) is 16.6. The lowest BCUT2D eigenvalue weighted by atomic mass is 9.94. The molecule has 0 spiro atoms. The van der Waals surface area contributed by atoms with Crippen molar-refractivity contribution in [3.8, 4) is 5.75 Å². The van der Waals surface area contributed by atoms with Crippen molar-refractivity contribution >= 4 is 0 Å². The molecule has 0 radical (unpaired) electrons. The third-order valence-electron chi connectivity index (χ3n) is 4.22. The molecule has 1 aromatic carbocycles. The number of benzene rings is 1. The fraction of sp³-hybridized carbons (Fsp3) is 0.647. The molecule has 0 aromatic heterocycles. The van der Waals surface area contributed by atoms with Crippen LogP contribution in [-0.4, -0.2) is 38.2 Å². The highest BCUT2D eigenvalue weighted by Gasteiger charge is 2.17. The van der Waals surface area contributed by atoms with Crippen molar-refractivity contribution in [1.29, 1.82) is 0 Å². The van der Waals surface area contributed by atoms with Gasteiger partial charge in [-0.25, -0.2) is 0 Å². The monoisotopic (exact) mass is 276 g/mol. The standard InChI is InChI=1S/C17H28N2O/c1-18-14-15-8-10-17(11-9-15)20-13-12-19(2)16-6-4-3-5-7-16/h8-11,16,18H,3-7,12-14H2,1-2H3. The molecule has 1 saturated carbocycles. The van der Waals surface area contributed by atoms with Crippen molar-refractivity contribution in [2.75, 3.05) is 27.2 Å². The molecule has 0 atom stereocenters. The van der Waals surface area contributed by atoms with Crippen molar-refractivity contribution in [3.05, 3.63) is 29.8 Å². The summed E-state index contributed by atoms with van der Waals surface area (Å²) in [7, 11) is 4.20. The number of nitrogens with one attached hydrogen (secondary N) is 1. The predicted molar refractivity (Wildman–Crippen MR) is 84.2 cm³/mol. The van der Waals surface area contributed by atoms with Gasteiger partial charge in [0.2, 0.25) is 0 Å². The quantitative estimate of drug-likeness (QED) is 0.828. The van der Waals surface area contributed by atoms with Crippen LogP contribution in [0.1, 0.15) is 37.7 Å². The molecule has 1 aliphatic rings. The summed E-state index contributed by atoms with van der Waals surface area (Å²) in [6.07, 6.45) is 6.91. The second-order valence-electron chi connectivity index (χ2n) is 5.80. The Morgan fingerprint density at radius 1 is 1.15 bits per heavy atom. The number of ether oxygens (including phenoxy) is 1. The summed E-state index contributed by atoms with van der Waals surface area (Å²) >= 11 is 0. The zero-order valence-corrected chi connectivity index (χ0v) is 12.9. The molecule has 112 valence electrons. The zero-order valence-electron chi connectivity index (χ0n) is 12.9. The van der Waals surface area contributed by atoms with Gasteiger partial charge in [0.15, 0.2) is 0 Å². The third-order valence-corrected chi connectivity index (χ3v) is 4.22. The van der Waals surface area contributed by atoms with Gasteiger partial charge < -0.3 is 15.0 Å². The molecule has 1 aromatic rings. The fourth-order valence-electron chi connectivity index (χ4n) is 2.92. The molecule has 2 rings (SSSR count). The van der Waals surface area contributed by atoms with Gasteiger partial charge in [-0.3, -0.25) is 0 Å². The van der Waals surface area contributed by atoms with Gasteiger partial charge in [0.1, 0.15) is 12.4 Å². The van der Waals surface area contributed by atoms with Crippen LogP contribution in [0.25, 0.3) is 0 Å². The highest BCUT2D eigenvalue weighted by molar-refractivity contribution is 5.27. The van der Waals surface area contributed by atoms with E-state index in [1.807, 2.05) is 7.05 Å². The lowest BCUT2D eigenvalue weighted by Crippen LogP contribution is -2.36. The maximum absolute atomic E-state index is 5.84. The molecule has 20 heavy (non-hydrogen) atoms. The summed E-state index contributed by atoms with van der Waals surface area (Å²) in [6.45, 7) is 2.70. The molecule has 0 bridgehead atoms. The maximum atomic E-state index is 5.84. The minimum atomic E-state index is 0.769. The van der Waals surface area contributed by atoms with E-state index >= 15 is 0 Å². The average Bonchev–Trinajstić information content (AvgIpc) is 2.50. The van der Waals surface area contributed by atoms with Crippen LogP contribution < -0.4 is 10.1 Å². The van der Waals surface area contributed by atoms with E-state index in [9.17, 15) is 0 Å². The number of likely N-dealkylation sites (N-methyl/N-ethyl adjacent to an activating group) is 1. The second-order valence-corrected chi connectivity index (χ2v) is 5.80. The molecule has 0 unspecified atom stereocenters. The van der Waals surface area contributed by atoms with E-state index in [0.29, 0.717) is 0 Å². The van der Waals surface area contributed by atoms with Crippen LogP contribution >= 0.6 is 0 Å². The van der Waals surface area contributed by atoms with Crippen LogP contribution in [0, 0.1) is 0 Å². The Hall–Kier alpha value is -1.06. The maximum Gasteiger partial charge on any atom is 0.119 e. The van der Waals surface area contributed by atoms with E-state index in [0.717, 1.165) is 31.5 Å². The van der Waals surface area contributed by atoms with Crippen molar-refractivity contribution in [3.63, 3.8) is 0 Å². The first-order valence-corrected chi connectivity index (χ1v) is 7.86. The summed E-state index contributed by atoms with van der Waals surface area (Å²) in [6, 6.07) is 9.14. The minimum absolute atomic E-state index is 0.769. The number of hydrogen-bond donors (Lipinski definition) is 1. The predicted octanol–water partition coefficient (Wildman–Crippen LogP) is 3.05. The van der Waals surface area contributed by atoms with Crippen molar-refractivity contribution in [2.45, 2.75) is 44.7 Å².